The molecule has 0 unspecified atom stereocenters. The van der Waals surface area contributed by atoms with E-state index in [0.717, 1.165) is 57.3 Å². The van der Waals surface area contributed by atoms with Crippen molar-refractivity contribution >= 4 is 9.84 Å². The Morgan fingerprint density at radius 1 is 1.00 bits per heavy atom. The average molecular weight is 286 g/mol. The summed E-state index contributed by atoms with van der Waals surface area (Å²) in [6.45, 7) is 5.93. The summed E-state index contributed by atoms with van der Waals surface area (Å²) < 4.78 is 24.4. The van der Waals surface area contributed by atoms with E-state index < -0.39 is 9.84 Å². The Morgan fingerprint density at radius 3 is 2.21 bits per heavy atom. The third-order valence-electron chi connectivity index (χ3n) is 4.31. The number of unbranched alkanes of at least 4 members (excludes halogenated alkanes) is 5. The highest BCUT2D eigenvalue weighted by Crippen LogP contribution is 2.28. The molecule has 1 saturated carbocycles. The zero-order chi connectivity index (χ0) is 14.1. The summed E-state index contributed by atoms with van der Waals surface area (Å²) in [5, 5.41) is -0.0375. The van der Waals surface area contributed by atoms with Crippen molar-refractivity contribution in [2.24, 2.45) is 5.92 Å². The summed E-state index contributed by atoms with van der Waals surface area (Å²) in [4.78, 5) is 0. The van der Waals surface area contributed by atoms with E-state index in [2.05, 4.69) is 13.5 Å². The summed E-state index contributed by atoms with van der Waals surface area (Å²) in [6.07, 6.45) is 12.5. The molecule has 0 aromatic rings. The molecule has 3 heteroatoms. The van der Waals surface area contributed by atoms with E-state index in [1.807, 2.05) is 6.08 Å². The largest absolute Gasteiger partial charge is 0.229 e. The molecule has 1 rings (SSSR count). The van der Waals surface area contributed by atoms with Crippen molar-refractivity contribution in [3.63, 3.8) is 0 Å². The molecule has 19 heavy (non-hydrogen) atoms. The third-order valence-corrected chi connectivity index (χ3v) is 6.65. The normalized spacial score (nSPS) is 24.3. The highest BCUT2D eigenvalue weighted by molar-refractivity contribution is 7.92. The molecule has 1 aliphatic rings. The van der Waals surface area contributed by atoms with Gasteiger partial charge in [-0.2, -0.15) is 0 Å². The van der Waals surface area contributed by atoms with Crippen molar-refractivity contribution in [1.82, 2.24) is 0 Å². The first kappa shape index (κ1) is 16.7. The van der Waals surface area contributed by atoms with Gasteiger partial charge >= 0.3 is 0 Å². The lowest BCUT2D eigenvalue weighted by Crippen LogP contribution is -2.28. The molecule has 0 aromatic carbocycles. The van der Waals surface area contributed by atoms with E-state index >= 15 is 0 Å². The predicted octanol–water partition coefficient (Wildman–Crippen LogP) is 4.51. The van der Waals surface area contributed by atoms with Gasteiger partial charge < -0.3 is 0 Å². The minimum absolute atomic E-state index is 0.0375. The SMILES string of the molecule is C=CCCCCCCCS(=O)(=O)C1CCC(C)CC1. The Hall–Kier alpha value is -0.310. The van der Waals surface area contributed by atoms with Crippen LogP contribution in [0, 0.1) is 5.92 Å². The Bertz CT molecular complexity index is 338. The second-order valence-electron chi connectivity index (χ2n) is 6.09. The van der Waals surface area contributed by atoms with Crippen LogP contribution in [0.5, 0.6) is 0 Å². The van der Waals surface area contributed by atoms with Crippen LogP contribution in [0.3, 0.4) is 0 Å². The van der Waals surface area contributed by atoms with E-state index in [4.69, 9.17) is 0 Å². The maximum atomic E-state index is 12.2. The van der Waals surface area contributed by atoms with Gasteiger partial charge in [-0.15, -0.1) is 6.58 Å². The summed E-state index contributed by atoms with van der Waals surface area (Å²) in [7, 11) is -2.82. The maximum absolute atomic E-state index is 12.2. The van der Waals surface area contributed by atoms with Crippen molar-refractivity contribution in [1.29, 1.82) is 0 Å². The molecule has 0 atom stereocenters. The Morgan fingerprint density at radius 2 is 1.58 bits per heavy atom. The number of hydrogen-bond acceptors (Lipinski definition) is 2. The molecule has 0 amide bonds. The van der Waals surface area contributed by atoms with Crippen LogP contribution < -0.4 is 0 Å². The molecule has 0 saturated heterocycles. The highest BCUT2D eigenvalue weighted by Gasteiger charge is 2.28. The lowest BCUT2D eigenvalue weighted by molar-refractivity contribution is 0.382. The molecule has 0 spiro atoms. The molecule has 0 aliphatic heterocycles. The third kappa shape index (κ3) is 6.60. The fraction of sp³-hybridized carbons (Fsp3) is 0.875. The molecule has 0 N–H and O–H groups in total. The maximum Gasteiger partial charge on any atom is 0.153 e. The monoisotopic (exact) mass is 286 g/mol. The van der Waals surface area contributed by atoms with E-state index in [1.165, 1.54) is 12.8 Å². The van der Waals surface area contributed by atoms with Gasteiger partial charge in [0.25, 0.3) is 0 Å². The van der Waals surface area contributed by atoms with Crippen LogP contribution in [0.4, 0.5) is 0 Å². The van der Waals surface area contributed by atoms with E-state index in [9.17, 15) is 8.42 Å². The van der Waals surface area contributed by atoms with Crippen LogP contribution in [0.25, 0.3) is 0 Å². The zero-order valence-corrected chi connectivity index (χ0v) is 13.3. The highest BCUT2D eigenvalue weighted by atomic mass is 32.2. The topological polar surface area (TPSA) is 34.1 Å². The van der Waals surface area contributed by atoms with Crippen molar-refractivity contribution in [2.45, 2.75) is 76.4 Å². The quantitative estimate of drug-likeness (QED) is 0.462. The summed E-state index contributed by atoms with van der Waals surface area (Å²) in [5.74, 6) is 1.13. The predicted molar refractivity (Wildman–Crippen MR) is 83.1 cm³/mol. The molecule has 0 radical (unpaired) electrons. The average Bonchev–Trinajstić information content (AvgIpc) is 2.38. The van der Waals surface area contributed by atoms with Crippen LogP contribution in [-0.4, -0.2) is 19.4 Å². The van der Waals surface area contributed by atoms with Crippen molar-refractivity contribution < 1.29 is 8.42 Å². The van der Waals surface area contributed by atoms with Gasteiger partial charge in [-0.25, -0.2) is 8.42 Å². The smallest absolute Gasteiger partial charge is 0.153 e. The lowest BCUT2D eigenvalue weighted by Gasteiger charge is -2.25. The van der Waals surface area contributed by atoms with Gasteiger partial charge in [0, 0.05) is 0 Å². The fourth-order valence-electron chi connectivity index (χ4n) is 2.88. The molecule has 1 fully saturated rings. The minimum atomic E-state index is -2.82. The first-order chi connectivity index (χ1) is 9.06. The lowest BCUT2D eigenvalue weighted by atomic mass is 9.91. The Balaban J connectivity index is 2.15. The van der Waals surface area contributed by atoms with Gasteiger partial charge in [-0.05, 0) is 50.9 Å². The van der Waals surface area contributed by atoms with E-state index in [1.54, 1.807) is 0 Å². The zero-order valence-electron chi connectivity index (χ0n) is 12.4. The standard InChI is InChI=1S/C16H30O2S/c1-3-4-5-6-7-8-9-14-19(17,18)16-12-10-15(2)11-13-16/h3,15-16H,1,4-14H2,2H3. The molecule has 0 aromatic heterocycles. The molecular weight excluding hydrogens is 256 g/mol. The van der Waals surface area contributed by atoms with Crippen molar-refractivity contribution in [3.05, 3.63) is 12.7 Å². The minimum Gasteiger partial charge on any atom is -0.229 e. The van der Waals surface area contributed by atoms with Gasteiger partial charge in [-0.3, -0.25) is 0 Å². The van der Waals surface area contributed by atoms with Crippen LogP contribution in [-0.2, 0) is 9.84 Å². The van der Waals surface area contributed by atoms with E-state index in [0.29, 0.717) is 5.75 Å². The van der Waals surface area contributed by atoms with Gasteiger partial charge in [0.05, 0.1) is 11.0 Å². The first-order valence-corrected chi connectivity index (χ1v) is 9.60. The number of rotatable bonds is 9. The molecular formula is C16H30O2S. The van der Waals surface area contributed by atoms with Crippen molar-refractivity contribution in [3.8, 4) is 0 Å². The van der Waals surface area contributed by atoms with Gasteiger partial charge in [0.1, 0.15) is 0 Å². The van der Waals surface area contributed by atoms with Crippen LogP contribution in [0.2, 0.25) is 0 Å². The molecule has 0 heterocycles. The van der Waals surface area contributed by atoms with Crippen molar-refractivity contribution in [2.75, 3.05) is 5.75 Å². The van der Waals surface area contributed by atoms with Gasteiger partial charge in [0.2, 0.25) is 0 Å². The number of hydrogen-bond donors (Lipinski definition) is 0. The second kappa shape index (κ2) is 8.78. The van der Waals surface area contributed by atoms with Crippen LogP contribution in [0.15, 0.2) is 12.7 Å². The van der Waals surface area contributed by atoms with E-state index in [-0.39, 0.29) is 5.25 Å². The Kier molecular flexibility index (Phi) is 7.74. The Labute approximate surface area is 119 Å². The summed E-state index contributed by atoms with van der Waals surface area (Å²) in [5.41, 5.74) is 0. The molecule has 0 bridgehead atoms. The summed E-state index contributed by atoms with van der Waals surface area (Å²) in [6, 6.07) is 0. The van der Waals surface area contributed by atoms with Gasteiger partial charge in [0.15, 0.2) is 9.84 Å². The first-order valence-electron chi connectivity index (χ1n) is 7.88. The van der Waals surface area contributed by atoms with Crippen LogP contribution in [0.1, 0.15) is 71.1 Å². The molecule has 1 aliphatic carbocycles. The number of allylic oxidation sites excluding steroid dienone is 1. The second-order valence-corrected chi connectivity index (χ2v) is 8.49. The molecule has 2 nitrogen and oxygen atoms in total. The molecule has 112 valence electrons. The number of sulfone groups is 1. The van der Waals surface area contributed by atoms with Gasteiger partial charge in [-0.1, -0.05) is 32.3 Å². The fourth-order valence-corrected chi connectivity index (χ4v) is 4.81. The summed E-state index contributed by atoms with van der Waals surface area (Å²) >= 11 is 0. The van der Waals surface area contributed by atoms with Crippen LogP contribution >= 0.6 is 0 Å².